The summed E-state index contributed by atoms with van der Waals surface area (Å²) in [6.07, 6.45) is -5.64. The molecule has 0 aromatic rings. The van der Waals surface area contributed by atoms with E-state index in [0.717, 1.165) is 0 Å². The summed E-state index contributed by atoms with van der Waals surface area (Å²) in [6, 6.07) is 0. The third kappa shape index (κ3) is 13.1. The molecule has 9 heteroatoms. The van der Waals surface area contributed by atoms with Crippen LogP contribution in [0, 0.1) is 0 Å². The predicted molar refractivity (Wildman–Crippen MR) is 39.3 cm³/mol. The number of hydrogen-bond acceptors (Lipinski definition) is 5. The molecule has 0 aromatic heterocycles. The molecule has 0 unspecified atom stereocenters. The van der Waals surface area contributed by atoms with E-state index in [1.54, 1.807) is 0 Å². The molecule has 0 aliphatic rings. The average molecular weight is 216 g/mol. The maximum atomic E-state index is 9.86. The van der Waals surface area contributed by atoms with Crippen LogP contribution in [-0.4, -0.2) is 96.0 Å². The fourth-order valence-corrected chi connectivity index (χ4v) is 0.163. The van der Waals surface area contributed by atoms with E-state index in [1.165, 1.54) is 0 Å². The van der Waals surface area contributed by atoms with Crippen molar-refractivity contribution in [3.05, 3.63) is 0 Å². The van der Waals surface area contributed by atoms with Crippen LogP contribution in [0.15, 0.2) is 0 Å². The molecule has 0 saturated heterocycles. The van der Waals surface area contributed by atoms with Crippen LogP contribution in [0.5, 0.6) is 0 Å². The van der Waals surface area contributed by atoms with E-state index < -0.39 is 18.5 Å². The van der Waals surface area contributed by atoms with Crippen LogP contribution in [0.1, 0.15) is 0 Å². The van der Waals surface area contributed by atoms with Gasteiger partial charge in [-0.2, -0.15) is 0 Å². The Hall–Kier alpha value is 0.470. The van der Waals surface area contributed by atoms with Gasteiger partial charge in [-0.3, -0.25) is 0 Å². The molecule has 0 saturated carbocycles. The summed E-state index contributed by atoms with van der Waals surface area (Å²) in [7, 11) is 0. The van der Waals surface area contributed by atoms with Crippen molar-refractivity contribution in [1.29, 1.82) is 0 Å². The van der Waals surface area contributed by atoms with Crippen molar-refractivity contribution in [3.63, 3.8) is 0 Å². The Balaban J connectivity index is -0.000000405. The number of hydrogen-bond donors (Lipinski definition) is 2. The van der Waals surface area contributed by atoms with Crippen LogP contribution in [-0.2, 0) is 9.47 Å². The van der Waals surface area contributed by atoms with Crippen LogP contribution >= 0.6 is 0 Å². The quantitative estimate of drug-likeness (QED) is 0.301. The number of carbonyl (C=O) groups is 3. The van der Waals surface area contributed by atoms with Crippen LogP contribution in [0.25, 0.3) is 0 Å². The third-order valence-electron chi connectivity index (χ3n) is 0.341. The van der Waals surface area contributed by atoms with E-state index >= 15 is 0 Å². The molecule has 0 spiro atoms. The zero-order valence-corrected chi connectivity index (χ0v) is 4.44. The molecule has 0 aliphatic carbocycles. The van der Waals surface area contributed by atoms with Crippen molar-refractivity contribution in [2.24, 2.45) is 0 Å². The fraction of sp³-hybridized carbons (Fsp3) is 0. The van der Waals surface area contributed by atoms with E-state index in [9.17, 15) is 14.4 Å². The minimum absolute atomic E-state index is 0. The van der Waals surface area contributed by atoms with Gasteiger partial charge in [0.1, 0.15) is 0 Å². The summed E-state index contributed by atoms with van der Waals surface area (Å²) in [5.74, 6) is 0. The molecule has 0 amide bonds. The second-order valence-corrected chi connectivity index (χ2v) is 0.986. The molecule has 0 aromatic carbocycles. The van der Waals surface area contributed by atoms with Gasteiger partial charge in [0.15, 0.2) is 0 Å². The second kappa shape index (κ2) is 9.56. The van der Waals surface area contributed by atoms with E-state index in [2.05, 4.69) is 9.47 Å². The van der Waals surface area contributed by atoms with Gasteiger partial charge < -0.3 is 19.7 Å². The number of carbonyl (C=O) groups excluding carboxylic acids is 1. The molecule has 0 bridgehead atoms. The first-order valence-corrected chi connectivity index (χ1v) is 1.88. The zero-order chi connectivity index (χ0) is 8.15. The van der Waals surface area contributed by atoms with Crippen molar-refractivity contribution >= 4 is 85.8 Å². The summed E-state index contributed by atoms with van der Waals surface area (Å²) >= 11 is 0. The molecule has 0 aliphatic heterocycles. The van der Waals surface area contributed by atoms with Crippen molar-refractivity contribution in [2.75, 3.05) is 0 Å². The zero-order valence-electron chi connectivity index (χ0n) is 4.44. The van der Waals surface area contributed by atoms with Crippen molar-refractivity contribution in [2.45, 2.75) is 0 Å². The number of carboxylic acid groups (broad SMARTS) is 2. The average Bonchev–Trinajstić information content (AvgIpc) is 1.58. The molecule has 0 fully saturated rings. The Bertz CT molecular complexity index is 161. The van der Waals surface area contributed by atoms with Crippen LogP contribution in [0.2, 0.25) is 0 Å². The molecule has 62 valence electrons. The molecular weight excluding hydrogens is 211 g/mol. The summed E-state index contributed by atoms with van der Waals surface area (Å²) in [5.41, 5.74) is 0. The first-order chi connectivity index (χ1) is 4.52. The normalized spacial score (nSPS) is 6.67. The van der Waals surface area contributed by atoms with Crippen molar-refractivity contribution in [3.8, 4) is 0 Å². The first-order valence-electron chi connectivity index (χ1n) is 1.88. The van der Waals surface area contributed by atoms with Gasteiger partial charge in [-0.1, -0.05) is 0 Å². The summed E-state index contributed by atoms with van der Waals surface area (Å²) in [6.45, 7) is 0. The minimum atomic E-state index is -1.92. The van der Waals surface area contributed by atoms with Gasteiger partial charge in [0, 0.05) is 0 Å². The molecule has 2 N–H and O–H groups in total. The van der Waals surface area contributed by atoms with Crippen molar-refractivity contribution in [1.82, 2.24) is 0 Å². The monoisotopic (exact) mass is 216 g/mol. The van der Waals surface area contributed by atoms with E-state index in [-0.39, 0.29) is 67.3 Å². The summed E-state index contributed by atoms with van der Waals surface area (Å²) in [4.78, 5) is 28.8. The fourth-order valence-electron chi connectivity index (χ4n) is 0.163. The van der Waals surface area contributed by atoms with Gasteiger partial charge >= 0.3 is 85.8 Å². The number of ether oxygens (including phenoxy) is 2. The summed E-state index contributed by atoms with van der Waals surface area (Å²) in [5, 5.41) is 15.4. The van der Waals surface area contributed by atoms with E-state index in [1.807, 2.05) is 0 Å². The van der Waals surface area contributed by atoms with Gasteiger partial charge in [-0.15, -0.1) is 0 Å². The predicted octanol–water partition coefficient (Wildman–Crippen LogP) is -1.07. The maximum absolute atomic E-state index is 9.86. The van der Waals surface area contributed by atoms with Crippen LogP contribution < -0.4 is 0 Å². The Morgan fingerprint density at radius 3 is 1.33 bits per heavy atom. The standard InChI is InChI=1S/C3H2O7.Ca.Na.3H/c4-1(5)9-3(8)10-2(6)7;;;;;/h(H,4,5)(H,6,7);;;;;. The molecule has 0 heterocycles. The molecule has 0 radical (unpaired) electrons. The summed E-state index contributed by atoms with van der Waals surface area (Å²) < 4.78 is 6.47. The van der Waals surface area contributed by atoms with E-state index in [4.69, 9.17) is 10.2 Å². The van der Waals surface area contributed by atoms with Gasteiger partial charge in [-0.25, -0.2) is 14.4 Å². The van der Waals surface area contributed by atoms with Gasteiger partial charge in [-0.05, 0) is 0 Å². The molecule has 7 nitrogen and oxygen atoms in total. The number of rotatable bonds is 0. The van der Waals surface area contributed by atoms with E-state index in [0.29, 0.717) is 0 Å². The van der Waals surface area contributed by atoms with Gasteiger partial charge in [0.05, 0.1) is 0 Å². The molecule has 0 atom stereocenters. The molecule has 12 heavy (non-hydrogen) atoms. The van der Waals surface area contributed by atoms with Crippen LogP contribution in [0.4, 0.5) is 14.4 Å². The second-order valence-electron chi connectivity index (χ2n) is 0.986. The SMILES string of the molecule is O=C(O)OC(=O)OC(=O)O.[CaH2].[NaH]. The topological polar surface area (TPSA) is 110 Å². The van der Waals surface area contributed by atoms with Gasteiger partial charge in [0.2, 0.25) is 0 Å². The third-order valence-corrected chi connectivity index (χ3v) is 0.341. The Morgan fingerprint density at radius 2 is 1.17 bits per heavy atom. The van der Waals surface area contributed by atoms with Crippen molar-refractivity contribution < 1.29 is 34.1 Å². The van der Waals surface area contributed by atoms with Gasteiger partial charge in [0.25, 0.3) is 0 Å². The Labute approximate surface area is 118 Å². The first kappa shape index (κ1) is 18.3. The Kier molecular flexibility index (Phi) is 14.6. The Morgan fingerprint density at radius 1 is 0.917 bits per heavy atom. The molecule has 0 rings (SSSR count). The molecular formula is C3H5CaNaO7. The van der Waals surface area contributed by atoms with Crippen LogP contribution in [0.3, 0.4) is 0 Å².